The topological polar surface area (TPSA) is 12.0 Å². The number of rotatable bonds is 6. The van der Waals surface area contributed by atoms with E-state index in [9.17, 15) is 0 Å². The minimum absolute atomic E-state index is 0.584. The molecule has 1 aromatic carbocycles. The zero-order chi connectivity index (χ0) is 13.5. The number of nitrogens with one attached hydrogen (secondary N) is 1. The van der Waals surface area contributed by atoms with Crippen LogP contribution in [0, 0.1) is 5.92 Å². The molecular weight excluding hydrogens is 230 g/mol. The van der Waals surface area contributed by atoms with Gasteiger partial charge in [-0.25, -0.2) is 0 Å². The van der Waals surface area contributed by atoms with Gasteiger partial charge in [0.15, 0.2) is 0 Å². The van der Waals surface area contributed by atoms with Gasteiger partial charge < -0.3 is 5.32 Å². The maximum Gasteiger partial charge on any atom is 0.0351 e. The fourth-order valence-electron chi connectivity index (χ4n) is 3.50. The molecule has 1 aliphatic carbocycles. The van der Waals surface area contributed by atoms with Crippen molar-refractivity contribution in [3.05, 3.63) is 35.4 Å². The summed E-state index contributed by atoms with van der Waals surface area (Å²) < 4.78 is 0. The normalized spacial score (nSPS) is 22.8. The van der Waals surface area contributed by atoms with E-state index in [-0.39, 0.29) is 0 Å². The molecule has 0 saturated heterocycles. The van der Waals surface area contributed by atoms with Crippen LogP contribution in [0.25, 0.3) is 0 Å². The number of unbranched alkanes of at least 4 members (excludes halogenated alkanes) is 2. The summed E-state index contributed by atoms with van der Waals surface area (Å²) >= 11 is 0. The van der Waals surface area contributed by atoms with Gasteiger partial charge in [0.2, 0.25) is 0 Å². The Hall–Kier alpha value is -0.820. The molecule has 2 unspecified atom stereocenters. The van der Waals surface area contributed by atoms with E-state index in [0.29, 0.717) is 6.04 Å². The van der Waals surface area contributed by atoms with Crippen molar-refractivity contribution in [3.63, 3.8) is 0 Å². The van der Waals surface area contributed by atoms with Crippen molar-refractivity contribution in [2.45, 2.75) is 64.8 Å². The summed E-state index contributed by atoms with van der Waals surface area (Å²) in [4.78, 5) is 0. The molecule has 106 valence electrons. The molecule has 0 aliphatic heterocycles. The van der Waals surface area contributed by atoms with Crippen molar-refractivity contribution >= 4 is 0 Å². The Morgan fingerprint density at radius 2 is 2.00 bits per heavy atom. The third-order valence-electron chi connectivity index (χ3n) is 4.49. The standard InChI is InChI=1S/C18H29N/c1-3-5-6-11-16-13-9-12-15-10-7-8-14-17(15)18(16)19-4-2/h7-8,10,14,16,18-19H,3-6,9,11-13H2,1-2H3. The summed E-state index contributed by atoms with van der Waals surface area (Å²) in [5.74, 6) is 0.829. The average Bonchev–Trinajstić information content (AvgIpc) is 2.60. The lowest BCUT2D eigenvalue weighted by Gasteiger charge is -2.27. The fourth-order valence-corrected chi connectivity index (χ4v) is 3.50. The van der Waals surface area contributed by atoms with Crippen molar-refractivity contribution in [3.8, 4) is 0 Å². The molecule has 1 aliphatic rings. The summed E-state index contributed by atoms with van der Waals surface area (Å²) in [5, 5.41) is 3.76. The molecule has 0 saturated carbocycles. The zero-order valence-electron chi connectivity index (χ0n) is 12.6. The molecule has 1 nitrogen and oxygen atoms in total. The van der Waals surface area contributed by atoms with E-state index in [1.807, 2.05) is 0 Å². The monoisotopic (exact) mass is 259 g/mol. The van der Waals surface area contributed by atoms with E-state index in [1.165, 1.54) is 44.9 Å². The lowest BCUT2D eigenvalue weighted by Crippen LogP contribution is -2.28. The Morgan fingerprint density at radius 3 is 2.79 bits per heavy atom. The minimum atomic E-state index is 0.584. The van der Waals surface area contributed by atoms with Gasteiger partial charge in [-0.05, 0) is 49.3 Å². The third kappa shape index (κ3) is 3.82. The van der Waals surface area contributed by atoms with Gasteiger partial charge in [0, 0.05) is 6.04 Å². The molecule has 2 atom stereocenters. The van der Waals surface area contributed by atoms with Crippen molar-refractivity contribution in [1.82, 2.24) is 5.32 Å². The van der Waals surface area contributed by atoms with Crippen molar-refractivity contribution in [1.29, 1.82) is 0 Å². The molecule has 0 amide bonds. The highest BCUT2D eigenvalue weighted by Gasteiger charge is 2.26. The first-order chi connectivity index (χ1) is 9.36. The lowest BCUT2D eigenvalue weighted by atomic mass is 9.86. The second-order valence-corrected chi connectivity index (χ2v) is 5.88. The van der Waals surface area contributed by atoms with E-state index in [0.717, 1.165) is 12.5 Å². The highest BCUT2D eigenvalue weighted by Crippen LogP contribution is 2.36. The zero-order valence-corrected chi connectivity index (χ0v) is 12.6. The largest absolute Gasteiger partial charge is 0.310 e. The number of hydrogen-bond donors (Lipinski definition) is 1. The minimum Gasteiger partial charge on any atom is -0.310 e. The number of fused-ring (bicyclic) bond motifs is 1. The van der Waals surface area contributed by atoms with Crippen LogP contribution >= 0.6 is 0 Å². The Balaban J connectivity index is 2.14. The maximum absolute atomic E-state index is 3.76. The number of benzene rings is 1. The first-order valence-corrected chi connectivity index (χ1v) is 8.18. The highest BCUT2D eigenvalue weighted by molar-refractivity contribution is 5.31. The van der Waals surface area contributed by atoms with Crippen molar-refractivity contribution in [2.75, 3.05) is 6.54 Å². The van der Waals surface area contributed by atoms with Gasteiger partial charge in [0.1, 0.15) is 0 Å². The summed E-state index contributed by atoms with van der Waals surface area (Å²) in [6, 6.07) is 9.66. The van der Waals surface area contributed by atoms with Gasteiger partial charge in [-0.15, -0.1) is 0 Å². The second kappa shape index (κ2) is 7.69. The van der Waals surface area contributed by atoms with Gasteiger partial charge in [-0.1, -0.05) is 57.4 Å². The summed E-state index contributed by atoms with van der Waals surface area (Å²) in [5.41, 5.74) is 3.15. The van der Waals surface area contributed by atoms with Crippen LogP contribution < -0.4 is 5.32 Å². The van der Waals surface area contributed by atoms with Crippen LogP contribution in [-0.4, -0.2) is 6.54 Å². The first kappa shape index (κ1) is 14.6. The van der Waals surface area contributed by atoms with Gasteiger partial charge in [0.05, 0.1) is 0 Å². The van der Waals surface area contributed by atoms with E-state index < -0.39 is 0 Å². The molecule has 1 aromatic rings. The predicted molar refractivity (Wildman–Crippen MR) is 83.4 cm³/mol. The van der Waals surface area contributed by atoms with Crippen LogP contribution in [0.3, 0.4) is 0 Å². The Kier molecular flexibility index (Phi) is 5.91. The van der Waals surface area contributed by atoms with Crippen LogP contribution in [0.5, 0.6) is 0 Å². The first-order valence-electron chi connectivity index (χ1n) is 8.18. The number of aryl methyl sites for hydroxylation is 1. The molecule has 0 fully saturated rings. The molecule has 1 heteroatoms. The van der Waals surface area contributed by atoms with Crippen molar-refractivity contribution in [2.24, 2.45) is 5.92 Å². The van der Waals surface area contributed by atoms with Crippen LogP contribution in [0.2, 0.25) is 0 Å². The fraction of sp³-hybridized carbons (Fsp3) is 0.667. The Labute approximate surface area is 118 Å². The molecular formula is C18H29N. The summed E-state index contributed by atoms with van der Waals surface area (Å²) in [6.45, 7) is 5.60. The molecule has 2 rings (SSSR count). The molecule has 0 spiro atoms. The highest BCUT2D eigenvalue weighted by atomic mass is 14.9. The summed E-state index contributed by atoms with van der Waals surface area (Å²) in [6.07, 6.45) is 9.51. The average molecular weight is 259 g/mol. The second-order valence-electron chi connectivity index (χ2n) is 5.88. The van der Waals surface area contributed by atoms with Crippen LogP contribution in [0.4, 0.5) is 0 Å². The summed E-state index contributed by atoms with van der Waals surface area (Å²) in [7, 11) is 0. The van der Waals surface area contributed by atoms with E-state index in [1.54, 1.807) is 11.1 Å². The molecule has 0 heterocycles. The molecule has 0 bridgehead atoms. The lowest BCUT2D eigenvalue weighted by molar-refractivity contribution is 0.319. The van der Waals surface area contributed by atoms with Gasteiger partial charge >= 0.3 is 0 Å². The predicted octanol–water partition coefficient (Wildman–Crippen LogP) is 4.87. The quantitative estimate of drug-likeness (QED) is 0.567. The van der Waals surface area contributed by atoms with E-state index >= 15 is 0 Å². The van der Waals surface area contributed by atoms with Crippen LogP contribution in [0.1, 0.15) is 69.5 Å². The maximum atomic E-state index is 3.76. The van der Waals surface area contributed by atoms with Gasteiger partial charge in [-0.2, -0.15) is 0 Å². The van der Waals surface area contributed by atoms with Crippen molar-refractivity contribution < 1.29 is 0 Å². The molecule has 0 radical (unpaired) electrons. The molecule has 1 N–H and O–H groups in total. The van der Waals surface area contributed by atoms with E-state index in [2.05, 4.69) is 43.4 Å². The third-order valence-corrected chi connectivity index (χ3v) is 4.49. The SMILES string of the molecule is CCCCCC1CCCc2ccccc2C1NCC. The Morgan fingerprint density at radius 1 is 1.16 bits per heavy atom. The Bertz CT molecular complexity index is 372. The number of hydrogen-bond acceptors (Lipinski definition) is 1. The van der Waals surface area contributed by atoms with Crippen LogP contribution in [0.15, 0.2) is 24.3 Å². The van der Waals surface area contributed by atoms with Crippen LogP contribution in [-0.2, 0) is 6.42 Å². The smallest absolute Gasteiger partial charge is 0.0351 e. The van der Waals surface area contributed by atoms with Gasteiger partial charge in [0.25, 0.3) is 0 Å². The molecule has 0 aromatic heterocycles. The van der Waals surface area contributed by atoms with Gasteiger partial charge in [-0.3, -0.25) is 0 Å². The van der Waals surface area contributed by atoms with E-state index in [4.69, 9.17) is 0 Å². The molecule has 19 heavy (non-hydrogen) atoms.